The van der Waals surface area contributed by atoms with Crippen molar-refractivity contribution in [3.63, 3.8) is 0 Å². The second-order valence-corrected chi connectivity index (χ2v) is 9.13. The van der Waals surface area contributed by atoms with Crippen LogP contribution in [0, 0.1) is 0 Å². The first-order valence-electron chi connectivity index (χ1n) is 8.17. The van der Waals surface area contributed by atoms with Crippen LogP contribution in [-0.2, 0) is 14.8 Å². The van der Waals surface area contributed by atoms with Crippen LogP contribution < -0.4 is 14.4 Å². The van der Waals surface area contributed by atoms with Crippen LogP contribution in [0.15, 0.2) is 52.3 Å². The van der Waals surface area contributed by atoms with Crippen LogP contribution in [-0.4, -0.2) is 33.2 Å². The molecule has 0 saturated heterocycles. The minimum Gasteiger partial charge on any atom is -0.492 e. The molecule has 2 aromatic carbocycles. The molecule has 0 bridgehead atoms. The highest BCUT2D eigenvalue weighted by atomic mass is 32.2. The molecule has 6 nitrogen and oxygen atoms in total. The van der Waals surface area contributed by atoms with E-state index in [-0.39, 0.29) is 16.1 Å². The quantitative estimate of drug-likeness (QED) is 0.845. The molecule has 0 aromatic heterocycles. The summed E-state index contributed by atoms with van der Waals surface area (Å²) in [5.41, 5.74) is 0.977. The van der Waals surface area contributed by atoms with E-state index in [1.165, 1.54) is 29.2 Å². The van der Waals surface area contributed by atoms with Crippen LogP contribution >= 0.6 is 11.8 Å². The second-order valence-electron chi connectivity index (χ2n) is 5.78. The number of anilines is 2. The van der Waals surface area contributed by atoms with Gasteiger partial charge >= 0.3 is 0 Å². The van der Waals surface area contributed by atoms with E-state index < -0.39 is 10.0 Å². The van der Waals surface area contributed by atoms with Crippen LogP contribution in [0.1, 0.15) is 13.8 Å². The first kappa shape index (κ1) is 18.6. The average molecular weight is 393 g/mol. The number of rotatable bonds is 5. The Kier molecular flexibility index (Phi) is 5.15. The standard InChI is InChI=1S/C18H20N2O4S2/c1-4-24-16-8-6-5-7-15(16)20(3)26(22,23)13-9-10-17-14(11-13)19-18(21)12(2)25-17/h5-12H,4H2,1-3H3,(H,19,21)/t12-/m1/s1. The first-order valence-corrected chi connectivity index (χ1v) is 10.5. The molecule has 26 heavy (non-hydrogen) atoms. The molecular formula is C18H20N2O4S2. The van der Waals surface area contributed by atoms with Crippen LogP contribution in [0.2, 0.25) is 0 Å². The smallest absolute Gasteiger partial charge is 0.264 e. The number of para-hydroxylation sites is 2. The summed E-state index contributed by atoms with van der Waals surface area (Å²) in [7, 11) is -2.32. The Balaban J connectivity index is 1.99. The number of hydrogen-bond acceptors (Lipinski definition) is 5. The highest BCUT2D eigenvalue weighted by Gasteiger charge is 2.28. The van der Waals surface area contributed by atoms with Gasteiger partial charge in [-0.15, -0.1) is 11.8 Å². The molecule has 1 amide bonds. The van der Waals surface area contributed by atoms with E-state index in [0.717, 1.165) is 4.90 Å². The zero-order valence-electron chi connectivity index (χ0n) is 14.7. The summed E-state index contributed by atoms with van der Waals surface area (Å²) in [4.78, 5) is 12.8. The van der Waals surface area contributed by atoms with Gasteiger partial charge in [0, 0.05) is 11.9 Å². The van der Waals surface area contributed by atoms with Crippen LogP contribution in [0.3, 0.4) is 0 Å². The summed E-state index contributed by atoms with van der Waals surface area (Å²) in [5, 5.41) is 2.56. The van der Waals surface area contributed by atoms with Crippen molar-refractivity contribution < 1.29 is 17.9 Å². The molecule has 1 atom stereocenters. The number of nitrogens with zero attached hydrogens (tertiary/aromatic N) is 1. The molecule has 0 radical (unpaired) electrons. The molecule has 0 spiro atoms. The fourth-order valence-electron chi connectivity index (χ4n) is 2.63. The van der Waals surface area contributed by atoms with E-state index in [2.05, 4.69) is 5.32 Å². The summed E-state index contributed by atoms with van der Waals surface area (Å²) in [6.45, 7) is 4.09. The Hall–Kier alpha value is -2.19. The number of nitrogens with one attached hydrogen (secondary N) is 1. The zero-order valence-corrected chi connectivity index (χ0v) is 16.4. The third kappa shape index (κ3) is 3.39. The molecule has 1 aliphatic heterocycles. The van der Waals surface area contributed by atoms with Gasteiger partial charge in [-0.25, -0.2) is 8.42 Å². The Bertz CT molecular complexity index is 944. The normalized spacial score (nSPS) is 16.6. The SMILES string of the molecule is CCOc1ccccc1N(C)S(=O)(=O)c1ccc2c(c1)NC(=O)[C@@H](C)S2. The predicted molar refractivity (Wildman–Crippen MR) is 104 cm³/mol. The Morgan fingerprint density at radius 2 is 1.96 bits per heavy atom. The molecule has 1 aliphatic rings. The number of hydrogen-bond donors (Lipinski definition) is 1. The average Bonchev–Trinajstić information content (AvgIpc) is 2.62. The van der Waals surface area contributed by atoms with E-state index in [4.69, 9.17) is 4.74 Å². The molecule has 0 aliphatic carbocycles. The molecule has 3 rings (SSSR count). The lowest BCUT2D eigenvalue weighted by molar-refractivity contribution is -0.115. The van der Waals surface area contributed by atoms with Gasteiger partial charge in [0.05, 0.1) is 28.1 Å². The van der Waals surface area contributed by atoms with Crippen molar-refractivity contribution >= 4 is 39.1 Å². The summed E-state index contributed by atoms with van der Waals surface area (Å²) < 4.78 is 32.9. The number of fused-ring (bicyclic) bond motifs is 1. The molecule has 138 valence electrons. The van der Waals surface area contributed by atoms with Gasteiger partial charge in [-0.2, -0.15) is 0 Å². The van der Waals surface area contributed by atoms with Gasteiger partial charge in [0.2, 0.25) is 5.91 Å². The summed E-state index contributed by atoms with van der Waals surface area (Å²) in [5.74, 6) is 0.365. The van der Waals surface area contributed by atoms with Gasteiger partial charge in [0.1, 0.15) is 5.75 Å². The van der Waals surface area contributed by atoms with Crippen molar-refractivity contribution in [1.29, 1.82) is 0 Å². The van der Waals surface area contributed by atoms with E-state index in [0.29, 0.717) is 23.7 Å². The van der Waals surface area contributed by atoms with Gasteiger partial charge in [-0.3, -0.25) is 9.10 Å². The highest BCUT2D eigenvalue weighted by Crippen LogP contribution is 2.38. The minimum atomic E-state index is -3.80. The third-order valence-corrected chi connectivity index (χ3v) is 6.99. The van der Waals surface area contributed by atoms with Gasteiger partial charge in [-0.05, 0) is 44.2 Å². The molecule has 0 unspecified atom stereocenters. The lowest BCUT2D eigenvalue weighted by Crippen LogP contribution is -2.29. The molecule has 0 fully saturated rings. The van der Waals surface area contributed by atoms with Crippen molar-refractivity contribution in [1.82, 2.24) is 0 Å². The van der Waals surface area contributed by atoms with Crippen molar-refractivity contribution in [2.45, 2.75) is 28.9 Å². The second kappa shape index (κ2) is 7.20. The summed E-state index contributed by atoms with van der Waals surface area (Å²) in [6.07, 6.45) is 0. The number of thioether (sulfide) groups is 1. The lowest BCUT2D eigenvalue weighted by Gasteiger charge is -2.24. The summed E-state index contributed by atoms with van der Waals surface area (Å²) in [6, 6.07) is 11.8. The van der Waals surface area contributed by atoms with Crippen molar-refractivity contribution in [3.05, 3.63) is 42.5 Å². The van der Waals surface area contributed by atoms with Gasteiger partial charge in [0.25, 0.3) is 10.0 Å². The molecule has 1 N–H and O–H groups in total. The van der Waals surface area contributed by atoms with E-state index in [9.17, 15) is 13.2 Å². The molecule has 0 saturated carbocycles. The highest BCUT2D eigenvalue weighted by molar-refractivity contribution is 8.01. The maximum atomic E-state index is 13.1. The van der Waals surface area contributed by atoms with Crippen LogP contribution in [0.4, 0.5) is 11.4 Å². The number of ether oxygens (including phenoxy) is 1. The molecular weight excluding hydrogens is 372 g/mol. The number of carbonyl (C=O) groups is 1. The van der Waals surface area contributed by atoms with Crippen molar-refractivity contribution in [2.24, 2.45) is 0 Å². The van der Waals surface area contributed by atoms with Crippen LogP contribution in [0.25, 0.3) is 0 Å². The third-order valence-electron chi connectivity index (χ3n) is 4.04. The fourth-order valence-corrected chi connectivity index (χ4v) is 4.79. The number of carbonyl (C=O) groups excluding carboxylic acids is 1. The Labute approximate surface area is 157 Å². The fraction of sp³-hybridized carbons (Fsp3) is 0.278. The first-order chi connectivity index (χ1) is 12.3. The van der Waals surface area contributed by atoms with Gasteiger partial charge in [0.15, 0.2) is 0 Å². The van der Waals surface area contributed by atoms with Crippen molar-refractivity contribution in [2.75, 3.05) is 23.3 Å². The van der Waals surface area contributed by atoms with E-state index in [1.807, 2.05) is 13.8 Å². The van der Waals surface area contributed by atoms with Gasteiger partial charge in [-0.1, -0.05) is 12.1 Å². The number of sulfonamides is 1. The molecule has 2 aromatic rings. The molecule has 1 heterocycles. The topological polar surface area (TPSA) is 75.7 Å². The number of amides is 1. The van der Waals surface area contributed by atoms with Crippen molar-refractivity contribution in [3.8, 4) is 5.75 Å². The Morgan fingerprint density at radius 1 is 1.23 bits per heavy atom. The van der Waals surface area contributed by atoms with E-state index >= 15 is 0 Å². The predicted octanol–water partition coefficient (Wildman–Crippen LogP) is 3.34. The maximum absolute atomic E-state index is 13.1. The van der Waals surface area contributed by atoms with Gasteiger partial charge < -0.3 is 10.1 Å². The lowest BCUT2D eigenvalue weighted by atomic mass is 10.3. The minimum absolute atomic E-state index is 0.112. The summed E-state index contributed by atoms with van der Waals surface area (Å²) >= 11 is 1.41. The Morgan fingerprint density at radius 3 is 2.69 bits per heavy atom. The van der Waals surface area contributed by atoms with E-state index in [1.54, 1.807) is 36.4 Å². The van der Waals surface area contributed by atoms with Crippen LogP contribution in [0.5, 0.6) is 5.75 Å². The number of benzene rings is 2. The zero-order chi connectivity index (χ0) is 18.9. The largest absolute Gasteiger partial charge is 0.492 e. The molecule has 8 heteroatoms. The maximum Gasteiger partial charge on any atom is 0.264 e. The monoisotopic (exact) mass is 392 g/mol.